The molecule has 1 fully saturated rings. The van der Waals surface area contributed by atoms with Gasteiger partial charge in [0.15, 0.2) is 0 Å². The molecule has 0 saturated heterocycles. The Morgan fingerprint density at radius 3 is 1.94 bits per heavy atom. The van der Waals surface area contributed by atoms with E-state index >= 15 is 0 Å². The predicted molar refractivity (Wildman–Crippen MR) is 151 cm³/mol. The van der Waals surface area contributed by atoms with E-state index in [1.807, 2.05) is 27.7 Å². The van der Waals surface area contributed by atoms with E-state index in [9.17, 15) is 9.59 Å². The first-order chi connectivity index (χ1) is 16.7. The van der Waals surface area contributed by atoms with E-state index < -0.39 is 0 Å². The average molecular weight is 476 g/mol. The lowest BCUT2D eigenvalue weighted by molar-refractivity contribution is -0.123. The Balaban J connectivity index is 0.000000297. The maximum atomic E-state index is 11.6. The fraction of sp³-hybridized carbons (Fsp3) is 0.438. The number of carbonyl (C=O) groups excluding carboxylic acids is 2. The highest BCUT2D eigenvalue weighted by molar-refractivity contribution is 5.80. The van der Waals surface area contributed by atoms with Crippen LogP contribution < -0.4 is 5.32 Å². The van der Waals surface area contributed by atoms with Crippen LogP contribution in [0, 0.1) is 18.8 Å². The first-order valence-electron chi connectivity index (χ1n) is 12.9. The fourth-order valence-electron chi connectivity index (χ4n) is 3.40. The van der Waals surface area contributed by atoms with Gasteiger partial charge in [0.25, 0.3) is 0 Å². The predicted octanol–water partition coefficient (Wildman–Crippen LogP) is 8.19. The second-order valence-electron chi connectivity index (χ2n) is 9.45. The number of aldehydes is 1. The van der Waals surface area contributed by atoms with Crippen molar-refractivity contribution in [2.45, 2.75) is 73.1 Å². The van der Waals surface area contributed by atoms with E-state index in [1.165, 1.54) is 41.5 Å². The Morgan fingerprint density at radius 1 is 1.03 bits per heavy atom. The molecule has 1 atom stereocenters. The maximum absolute atomic E-state index is 11.6. The molecule has 0 heterocycles. The van der Waals surface area contributed by atoms with Crippen LogP contribution in [0.1, 0.15) is 77.3 Å². The molecule has 0 aromatic heterocycles. The van der Waals surface area contributed by atoms with Crippen LogP contribution in [0.5, 0.6) is 0 Å². The zero-order valence-corrected chi connectivity index (χ0v) is 22.5. The van der Waals surface area contributed by atoms with Crippen LogP contribution in [0.3, 0.4) is 0 Å². The third kappa shape index (κ3) is 11.4. The Labute approximate surface area is 213 Å². The van der Waals surface area contributed by atoms with Gasteiger partial charge in [-0.05, 0) is 69.1 Å². The van der Waals surface area contributed by atoms with Gasteiger partial charge in [-0.15, -0.1) is 0 Å². The number of hydrogen-bond donors (Lipinski definition) is 1. The van der Waals surface area contributed by atoms with Gasteiger partial charge in [0, 0.05) is 13.0 Å². The highest BCUT2D eigenvalue weighted by Crippen LogP contribution is 2.25. The number of hydrogen-bond acceptors (Lipinski definition) is 2. The van der Waals surface area contributed by atoms with Crippen molar-refractivity contribution in [1.82, 2.24) is 5.32 Å². The van der Waals surface area contributed by atoms with Crippen molar-refractivity contribution in [1.29, 1.82) is 0 Å². The molecule has 3 rings (SSSR count). The summed E-state index contributed by atoms with van der Waals surface area (Å²) in [7, 11) is 0. The van der Waals surface area contributed by atoms with Crippen molar-refractivity contribution >= 4 is 17.8 Å². The molecule has 1 aliphatic carbocycles. The van der Waals surface area contributed by atoms with E-state index in [2.05, 4.69) is 73.9 Å². The molecule has 2 aromatic rings. The monoisotopic (exact) mass is 475 g/mol. The van der Waals surface area contributed by atoms with Gasteiger partial charge in [-0.1, -0.05) is 98.7 Å². The Morgan fingerprint density at radius 2 is 1.57 bits per heavy atom. The highest BCUT2D eigenvalue weighted by Gasteiger charge is 2.20. The minimum atomic E-state index is -0.0277. The third-order valence-electron chi connectivity index (χ3n) is 6.42. The first-order valence-corrected chi connectivity index (χ1v) is 12.9. The summed E-state index contributed by atoms with van der Waals surface area (Å²) in [6.45, 7) is 18.8. The largest absolute Gasteiger partial charge is 0.355 e. The highest BCUT2D eigenvalue weighted by atomic mass is 16.1. The normalized spacial score (nSPS) is 13.1. The number of allylic oxidation sites excluding steroid dienone is 1. The van der Waals surface area contributed by atoms with Crippen LogP contribution in [0.15, 0.2) is 67.3 Å². The molecule has 0 radical (unpaired) electrons. The van der Waals surface area contributed by atoms with Crippen LogP contribution in [-0.2, 0) is 9.59 Å². The van der Waals surface area contributed by atoms with Crippen LogP contribution in [-0.4, -0.2) is 18.7 Å². The van der Waals surface area contributed by atoms with E-state index in [4.69, 9.17) is 0 Å². The van der Waals surface area contributed by atoms with Crippen molar-refractivity contribution in [2.75, 3.05) is 6.54 Å². The Bertz CT molecular complexity index is 921. The lowest BCUT2D eigenvalue weighted by Crippen LogP contribution is -2.35. The molecule has 2 aromatic carbocycles. The van der Waals surface area contributed by atoms with Crippen molar-refractivity contribution in [3.05, 3.63) is 78.4 Å². The quantitative estimate of drug-likeness (QED) is 0.293. The molecule has 3 nitrogen and oxygen atoms in total. The zero-order chi connectivity index (χ0) is 26.2. The number of aryl methyl sites for hydroxylation is 1. The van der Waals surface area contributed by atoms with Gasteiger partial charge >= 0.3 is 0 Å². The van der Waals surface area contributed by atoms with Crippen molar-refractivity contribution < 1.29 is 9.59 Å². The van der Waals surface area contributed by atoms with Gasteiger partial charge in [0.2, 0.25) is 5.91 Å². The number of unbranched alkanes of at least 4 members (excludes halogenated alkanes) is 1. The van der Waals surface area contributed by atoms with Gasteiger partial charge in [-0.3, -0.25) is 4.79 Å². The Kier molecular flexibility index (Phi) is 14.3. The molecular weight excluding hydrogens is 430 g/mol. The molecule has 1 N–H and O–H groups in total. The van der Waals surface area contributed by atoms with Crippen LogP contribution in [0.2, 0.25) is 0 Å². The van der Waals surface area contributed by atoms with Crippen molar-refractivity contribution in [3.8, 4) is 11.1 Å². The minimum Gasteiger partial charge on any atom is -0.355 e. The number of benzene rings is 2. The van der Waals surface area contributed by atoms with Crippen molar-refractivity contribution in [3.63, 3.8) is 0 Å². The van der Waals surface area contributed by atoms with Gasteiger partial charge in [-0.2, -0.15) is 0 Å². The summed E-state index contributed by atoms with van der Waals surface area (Å²) in [5.74, 6) is 0.852. The van der Waals surface area contributed by atoms with Crippen LogP contribution >= 0.6 is 0 Å². The number of nitrogens with one attached hydrogen (secondary N) is 1. The van der Waals surface area contributed by atoms with Gasteiger partial charge in [0.05, 0.1) is 5.92 Å². The smallest absolute Gasteiger partial charge is 0.226 e. The summed E-state index contributed by atoms with van der Waals surface area (Å²) in [5, 5.41) is 3.00. The molecule has 0 aliphatic heterocycles. The summed E-state index contributed by atoms with van der Waals surface area (Å²) in [6.07, 6.45) is 7.39. The molecule has 35 heavy (non-hydrogen) atoms. The SMILES string of the molecule is C=C(C)c1ccc(-c2ccc(C)cc2)cc1.C=C(CC)C(C)C(=O)NCC1CCC1.CCCC=O. The molecule has 190 valence electrons. The van der Waals surface area contributed by atoms with Gasteiger partial charge < -0.3 is 10.1 Å². The summed E-state index contributed by atoms with van der Waals surface area (Å²) in [6, 6.07) is 17.1. The van der Waals surface area contributed by atoms with E-state index in [1.54, 1.807) is 0 Å². The second kappa shape index (κ2) is 16.6. The average Bonchev–Trinajstić information content (AvgIpc) is 2.84. The molecule has 0 bridgehead atoms. The summed E-state index contributed by atoms with van der Waals surface area (Å²) >= 11 is 0. The topological polar surface area (TPSA) is 46.2 Å². The zero-order valence-electron chi connectivity index (χ0n) is 22.5. The van der Waals surface area contributed by atoms with Crippen LogP contribution in [0.4, 0.5) is 0 Å². The molecule has 0 spiro atoms. The molecule has 1 saturated carbocycles. The molecule has 3 heteroatoms. The summed E-state index contributed by atoms with van der Waals surface area (Å²) in [4.78, 5) is 21.0. The lowest BCUT2D eigenvalue weighted by Gasteiger charge is -2.26. The summed E-state index contributed by atoms with van der Waals surface area (Å²) in [5.41, 5.74) is 7.15. The van der Waals surface area contributed by atoms with Crippen LogP contribution in [0.25, 0.3) is 16.7 Å². The van der Waals surface area contributed by atoms with Gasteiger partial charge in [0.1, 0.15) is 6.29 Å². The number of carbonyl (C=O) groups is 2. The van der Waals surface area contributed by atoms with E-state index in [0.717, 1.165) is 42.7 Å². The van der Waals surface area contributed by atoms with E-state index in [-0.39, 0.29) is 11.8 Å². The second-order valence-corrected chi connectivity index (χ2v) is 9.45. The summed E-state index contributed by atoms with van der Waals surface area (Å²) < 4.78 is 0. The molecule has 1 amide bonds. The standard InChI is InChI=1S/C16H16.C12H21NO.C4H8O/c1-12(2)14-8-10-16(11-9-14)15-6-4-13(3)5-7-15;1-4-9(2)10(3)12(14)13-8-11-6-5-7-11;1-2-3-4-5/h4-11H,1H2,2-3H3;10-11H,2,4-8H2,1,3H3,(H,13,14);4H,2-3H2,1H3. The third-order valence-corrected chi connectivity index (χ3v) is 6.42. The fourth-order valence-corrected chi connectivity index (χ4v) is 3.40. The number of rotatable bonds is 9. The molecule has 1 unspecified atom stereocenters. The maximum Gasteiger partial charge on any atom is 0.226 e. The number of amides is 1. The lowest BCUT2D eigenvalue weighted by atomic mass is 9.85. The molecule has 1 aliphatic rings. The Hall–Kier alpha value is -2.94. The van der Waals surface area contributed by atoms with E-state index in [0.29, 0.717) is 6.42 Å². The minimum absolute atomic E-state index is 0.0277. The first kappa shape index (κ1) is 30.1. The van der Waals surface area contributed by atoms with Crippen molar-refractivity contribution in [2.24, 2.45) is 11.8 Å². The van der Waals surface area contributed by atoms with Gasteiger partial charge in [-0.25, -0.2) is 0 Å². The molecular formula is C32H45NO2.